The summed E-state index contributed by atoms with van der Waals surface area (Å²) in [4.78, 5) is 24.5. The standard InChI is InChI=1S/C11H20BN3O4/c12-3-1-2-7-4-15(9(17)8(13)5-16)6-11(7,14)10(18)19/h7-8,16H,1-6,13-14H2,(H,18,19)/t7-,8-,11-/m0/s1. The summed E-state index contributed by atoms with van der Waals surface area (Å²) in [6.07, 6.45) is 1.62. The Labute approximate surface area is 113 Å². The van der Waals surface area contributed by atoms with E-state index in [1.165, 1.54) is 4.90 Å². The summed E-state index contributed by atoms with van der Waals surface area (Å²) in [6.45, 7) is -0.340. The fourth-order valence-electron chi connectivity index (χ4n) is 2.37. The van der Waals surface area contributed by atoms with Crippen molar-refractivity contribution in [2.45, 2.75) is 30.7 Å². The molecule has 1 heterocycles. The van der Waals surface area contributed by atoms with Crippen LogP contribution >= 0.6 is 0 Å². The number of amides is 1. The zero-order valence-corrected chi connectivity index (χ0v) is 10.8. The number of rotatable bonds is 6. The summed E-state index contributed by atoms with van der Waals surface area (Å²) >= 11 is 0. The molecular weight excluding hydrogens is 249 g/mol. The number of likely N-dealkylation sites (tertiary alicyclic amines) is 1. The van der Waals surface area contributed by atoms with Gasteiger partial charge in [0.2, 0.25) is 5.91 Å². The molecule has 8 heteroatoms. The van der Waals surface area contributed by atoms with Crippen LogP contribution in [-0.4, -0.2) is 66.1 Å². The highest BCUT2D eigenvalue weighted by Gasteiger charge is 2.50. The number of hydrogen-bond donors (Lipinski definition) is 4. The molecular formula is C11H20BN3O4. The summed E-state index contributed by atoms with van der Waals surface area (Å²) in [6, 6.07) is -1.04. The molecule has 1 saturated heterocycles. The Bertz CT molecular complexity index is 355. The van der Waals surface area contributed by atoms with Crippen LogP contribution in [0.25, 0.3) is 0 Å². The molecule has 0 aromatic carbocycles. The van der Waals surface area contributed by atoms with E-state index in [0.29, 0.717) is 19.2 Å². The van der Waals surface area contributed by atoms with Gasteiger partial charge >= 0.3 is 5.97 Å². The summed E-state index contributed by atoms with van der Waals surface area (Å²) in [7, 11) is 5.41. The third kappa shape index (κ3) is 3.26. The maximum Gasteiger partial charge on any atom is 0.325 e. The van der Waals surface area contributed by atoms with E-state index in [1.807, 2.05) is 0 Å². The molecule has 3 atom stereocenters. The number of aliphatic carboxylic acids is 1. The molecule has 1 aliphatic heterocycles. The Morgan fingerprint density at radius 2 is 2.16 bits per heavy atom. The van der Waals surface area contributed by atoms with E-state index in [-0.39, 0.29) is 19.0 Å². The maximum atomic E-state index is 11.9. The van der Waals surface area contributed by atoms with Gasteiger partial charge in [0.1, 0.15) is 11.6 Å². The van der Waals surface area contributed by atoms with Gasteiger partial charge in [0.05, 0.1) is 14.5 Å². The number of nitrogens with zero attached hydrogens (tertiary/aromatic N) is 1. The molecule has 1 amide bonds. The van der Waals surface area contributed by atoms with Gasteiger partial charge in [-0.15, -0.1) is 0 Å². The molecule has 106 valence electrons. The second kappa shape index (κ2) is 6.36. The molecule has 0 unspecified atom stereocenters. The van der Waals surface area contributed by atoms with Crippen molar-refractivity contribution >= 4 is 19.7 Å². The highest BCUT2D eigenvalue weighted by atomic mass is 16.4. The Morgan fingerprint density at radius 1 is 1.53 bits per heavy atom. The largest absolute Gasteiger partial charge is 0.480 e. The summed E-state index contributed by atoms with van der Waals surface area (Å²) in [5.41, 5.74) is 9.90. The Morgan fingerprint density at radius 3 is 2.63 bits per heavy atom. The third-order valence-electron chi connectivity index (χ3n) is 3.60. The second-order valence-electron chi connectivity index (χ2n) is 4.98. The van der Waals surface area contributed by atoms with Crippen molar-refractivity contribution in [2.24, 2.45) is 17.4 Å². The number of carbonyl (C=O) groups is 2. The van der Waals surface area contributed by atoms with Gasteiger partial charge in [-0.1, -0.05) is 12.7 Å². The second-order valence-corrected chi connectivity index (χ2v) is 4.98. The fourth-order valence-corrected chi connectivity index (χ4v) is 2.37. The van der Waals surface area contributed by atoms with Crippen molar-refractivity contribution in [2.75, 3.05) is 19.7 Å². The van der Waals surface area contributed by atoms with Crippen molar-refractivity contribution in [3.05, 3.63) is 0 Å². The molecule has 0 spiro atoms. The normalized spacial score (nSPS) is 28.4. The highest BCUT2D eigenvalue weighted by molar-refractivity contribution is 6.08. The molecule has 0 aromatic heterocycles. The van der Waals surface area contributed by atoms with E-state index < -0.39 is 30.1 Å². The molecule has 1 rings (SSSR count). The molecule has 2 radical (unpaired) electrons. The van der Waals surface area contributed by atoms with Crippen LogP contribution < -0.4 is 11.5 Å². The van der Waals surface area contributed by atoms with Gasteiger partial charge < -0.3 is 26.6 Å². The van der Waals surface area contributed by atoms with E-state index in [2.05, 4.69) is 0 Å². The third-order valence-corrected chi connectivity index (χ3v) is 3.60. The van der Waals surface area contributed by atoms with Crippen molar-refractivity contribution in [3.8, 4) is 0 Å². The van der Waals surface area contributed by atoms with Gasteiger partial charge in [0.25, 0.3) is 0 Å². The van der Waals surface area contributed by atoms with E-state index >= 15 is 0 Å². The zero-order chi connectivity index (χ0) is 14.6. The minimum absolute atomic E-state index is 0.0932. The van der Waals surface area contributed by atoms with Gasteiger partial charge in [-0.05, 0) is 6.42 Å². The van der Waals surface area contributed by atoms with Crippen molar-refractivity contribution in [3.63, 3.8) is 0 Å². The summed E-state index contributed by atoms with van der Waals surface area (Å²) in [5.74, 6) is -1.97. The van der Waals surface area contributed by atoms with Gasteiger partial charge in [0.15, 0.2) is 0 Å². The first kappa shape index (κ1) is 15.9. The molecule has 0 saturated carbocycles. The van der Waals surface area contributed by atoms with Crippen molar-refractivity contribution in [1.82, 2.24) is 4.90 Å². The fraction of sp³-hybridized carbons (Fsp3) is 0.818. The van der Waals surface area contributed by atoms with Gasteiger partial charge in [0, 0.05) is 19.0 Å². The van der Waals surface area contributed by atoms with Crippen molar-refractivity contribution in [1.29, 1.82) is 0 Å². The Balaban J connectivity index is 2.82. The number of hydrogen-bond acceptors (Lipinski definition) is 5. The molecule has 0 aliphatic carbocycles. The average molecular weight is 269 g/mol. The van der Waals surface area contributed by atoms with Crippen LogP contribution in [0.3, 0.4) is 0 Å². The molecule has 6 N–H and O–H groups in total. The number of carbonyl (C=O) groups excluding carboxylic acids is 1. The van der Waals surface area contributed by atoms with E-state index in [9.17, 15) is 14.7 Å². The highest BCUT2D eigenvalue weighted by Crippen LogP contribution is 2.30. The molecule has 7 nitrogen and oxygen atoms in total. The first-order chi connectivity index (χ1) is 8.86. The lowest BCUT2D eigenvalue weighted by Crippen LogP contribution is -2.55. The first-order valence-corrected chi connectivity index (χ1v) is 6.24. The molecule has 0 bridgehead atoms. The minimum Gasteiger partial charge on any atom is -0.480 e. The van der Waals surface area contributed by atoms with Crippen LogP contribution in [0.4, 0.5) is 0 Å². The van der Waals surface area contributed by atoms with Crippen LogP contribution in [0.15, 0.2) is 0 Å². The molecule has 1 aliphatic rings. The van der Waals surface area contributed by atoms with Crippen LogP contribution in [0.5, 0.6) is 0 Å². The van der Waals surface area contributed by atoms with Crippen LogP contribution in [0.2, 0.25) is 6.32 Å². The quantitative estimate of drug-likeness (QED) is 0.409. The molecule has 19 heavy (non-hydrogen) atoms. The predicted molar refractivity (Wildman–Crippen MR) is 69.5 cm³/mol. The zero-order valence-electron chi connectivity index (χ0n) is 10.8. The number of nitrogens with two attached hydrogens (primary N) is 2. The van der Waals surface area contributed by atoms with Crippen LogP contribution in [0.1, 0.15) is 12.8 Å². The minimum atomic E-state index is -1.47. The molecule has 1 fully saturated rings. The van der Waals surface area contributed by atoms with E-state index in [4.69, 9.17) is 24.4 Å². The monoisotopic (exact) mass is 269 g/mol. The van der Waals surface area contributed by atoms with Gasteiger partial charge in [-0.2, -0.15) is 0 Å². The number of carboxylic acids is 1. The number of carboxylic acid groups (broad SMARTS) is 1. The van der Waals surface area contributed by atoms with E-state index in [1.54, 1.807) is 0 Å². The lowest BCUT2D eigenvalue weighted by molar-refractivity contribution is -0.144. The van der Waals surface area contributed by atoms with Crippen molar-refractivity contribution < 1.29 is 19.8 Å². The Kier molecular flexibility index (Phi) is 5.33. The summed E-state index contributed by atoms with van der Waals surface area (Å²) in [5, 5.41) is 18.1. The van der Waals surface area contributed by atoms with Crippen LogP contribution in [0, 0.1) is 5.92 Å². The SMILES string of the molecule is [B]CCC[C@H]1CN(C(=O)[C@@H](N)CO)C[C@@]1(N)C(=O)O. The maximum absolute atomic E-state index is 11.9. The average Bonchev–Trinajstić information content (AvgIpc) is 2.73. The first-order valence-electron chi connectivity index (χ1n) is 6.24. The number of aliphatic hydroxyl groups is 1. The van der Waals surface area contributed by atoms with Crippen LogP contribution in [-0.2, 0) is 9.59 Å². The lowest BCUT2D eigenvalue weighted by Gasteiger charge is -2.25. The Hall–Kier alpha value is -1.12. The topological polar surface area (TPSA) is 130 Å². The van der Waals surface area contributed by atoms with E-state index in [0.717, 1.165) is 0 Å². The lowest BCUT2D eigenvalue weighted by atomic mass is 9.83. The van der Waals surface area contributed by atoms with Gasteiger partial charge in [-0.25, -0.2) is 0 Å². The number of aliphatic hydroxyl groups excluding tert-OH is 1. The van der Waals surface area contributed by atoms with Gasteiger partial charge in [-0.3, -0.25) is 9.59 Å². The molecule has 0 aromatic rings. The smallest absolute Gasteiger partial charge is 0.325 e. The predicted octanol–water partition coefficient (Wildman–Crippen LogP) is -2.09. The summed E-state index contributed by atoms with van der Waals surface area (Å²) < 4.78 is 0.